The van der Waals surface area contributed by atoms with Gasteiger partial charge in [0.1, 0.15) is 11.9 Å². The molecule has 0 heterocycles. The molecule has 3 rings (SSSR count). The third-order valence-corrected chi connectivity index (χ3v) is 3.23. The minimum atomic E-state index is -1.06. The van der Waals surface area contributed by atoms with Gasteiger partial charge in [-0.05, 0) is 35.4 Å². The van der Waals surface area contributed by atoms with Crippen LogP contribution in [0.3, 0.4) is 0 Å². The fourth-order valence-corrected chi connectivity index (χ4v) is 2.29. The van der Waals surface area contributed by atoms with Crippen LogP contribution < -0.4 is 0 Å². The van der Waals surface area contributed by atoms with E-state index in [0.717, 1.165) is 5.56 Å². The van der Waals surface area contributed by atoms with Crippen molar-refractivity contribution in [1.29, 1.82) is 0 Å². The van der Waals surface area contributed by atoms with Crippen molar-refractivity contribution >= 4 is 11.9 Å². The molecule has 0 saturated heterocycles. The fraction of sp³-hybridized carbons (Fsp3) is 0.0625. The van der Waals surface area contributed by atoms with Crippen LogP contribution >= 0.6 is 0 Å². The van der Waals surface area contributed by atoms with Crippen LogP contribution in [0.1, 0.15) is 27.6 Å². The summed E-state index contributed by atoms with van der Waals surface area (Å²) in [6, 6.07) is 13.1. The highest BCUT2D eigenvalue weighted by atomic mass is 19.1. The molecule has 1 aliphatic rings. The Hall–Kier alpha value is -2.26. The Labute approximate surface area is 109 Å². The lowest BCUT2D eigenvalue weighted by atomic mass is 10.1. The maximum atomic E-state index is 13.2. The number of halogens is 1. The van der Waals surface area contributed by atoms with Crippen LogP contribution in [0.5, 0.6) is 0 Å². The van der Waals surface area contributed by atoms with Crippen molar-refractivity contribution in [1.82, 2.24) is 0 Å². The van der Waals surface area contributed by atoms with E-state index < -0.39 is 11.9 Å². The number of ketones is 1. The lowest BCUT2D eigenvalue weighted by Crippen LogP contribution is -1.99. The molecule has 0 saturated carbocycles. The number of hydrogen-bond donors (Lipinski definition) is 1. The Morgan fingerprint density at radius 2 is 1.84 bits per heavy atom. The van der Waals surface area contributed by atoms with Crippen LogP contribution in [-0.2, 0) is 0 Å². The molecule has 0 aromatic heterocycles. The SMILES string of the molecule is O=C1/C(=C/c2ccccc2)C(O)c2cc(F)ccc21. The van der Waals surface area contributed by atoms with Gasteiger partial charge in [0.05, 0.1) is 0 Å². The maximum Gasteiger partial charge on any atom is 0.192 e. The van der Waals surface area contributed by atoms with Crippen LogP contribution in [0.25, 0.3) is 6.08 Å². The average Bonchev–Trinajstić information content (AvgIpc) is 2.65. The summed E-state index contributed by atoms with van der Waals surface area (Å²) in [7, 11) is 0. The maximum absolute atomic E-state index is 13.2. The van der Waals surface area contributed by atoms with E-state index in [1.807, 2.05) is 30.3 Å². The molecule has 0 spiro atoms. The average molecular weight is 254 g/mol. The molecule has 1 unspecified atom stereocenters. The van der Waals surface area contributed by atoms with E-state index in [9.17, 15) is 14.3 Å². The number of aliphatic hydroxyl groups is 1. The second kappa shape index (κ2) is 4.44. The smallest absolute Gasteiger partial charge is 0.192 e. The molecule has 0 aliphatic heterocycles. The largest absolute Gasteiger partial charge is 0.383 e. The quantitative estimate of drug-likeness (QED) is 0.794. The molecular formula is C16H11FO2. The van der Waals surface area contributed by atoms with Gasteiger partial charge in [-0.15, -0.1) is 0 Å². The summed E-state index contributed by atoms with van der Waals surface area (Å²) >= 11 is 0. The molecule has 0 amide bonds. The van der Waals surface area contributed by atoms with Crippen molar-refractivity contribution in [3.8, 4) is 0 Å². The van der Waals surface area contributed by atoms with Crippen molar-refractivity contribution < 1.29 is 14.3 Å². The van der Waals surface area contributed by atoms with E-state index in [-0.39, 0.29) is 11.4 Å². The lowest BCUT2D eigenvalue weighted by Gasteiger charge is -2.04. The van der Waals surface area contributed by atoms with Crippen molar-refractivity contribution in [2.45, 2.75) is 6.10 Å². The van der Waals surface area contributed by atoms with Gasteiger partial charge in [0.15, 0.2) is 5.78 Å². The van der Waals surface area contributed by atoms with E-state index in [2.05, 4.69) is 0 Å². The van der Waals surface area contributed by atoms with Crippen molar-refractivity contribution in [3.63, 3.8) is 0 Å². The standard InChI is InChI=1S/C16H11FO2/c17-11-6-7-12-13(9-11)16(19)14(15(12)18)8-10-4-2-1-3-5-10/h1-9,16,19H/b14-8-. The number of benzene rings is 2. The van der Waals surface area contributed by atoms with Gasteiger partial charge in [-0.1, -0.05) is 30.3 Å². The molecule has 0 bridgehead atoms. The number of Topliss-reactive ketones (excluding diaryl/α,β-unsaturated/α-hetero) is 1. The third kappa shape index (κ3) is 1.98. The molecule has 94 valence electrons. The summed E-state index contributed by atoms with van der Waals surface area (Å²) in [5.41, 5.74) is 1.83. The number of aliphatic hydroxyl groups excluding tert-OH is 1. The Bertz CT molecular complexity index is 674. The first-order valence-corrected chi connectivity index (χ1v) is 5.95. The zero-order valence-corrected chi connectivity index (χ0v) is 10.0. The molecule has 0 fully saturated rings. The minimum absolute atomic E-state index is 0.244. The molecule has 1 N–H and O–H groups in total. The number of rotatable bonds is 1. The highest BCUT2D eigenvalue weighted by Gasteiger charge is 2.33. The van der Waals surface area contributed by atoms with Gasteiger partial charge >= 0.3 is 0 Å². The Balaban J connectivity index is 2.08. The summed E-state index contributed by atoms with van der Waals surface area (Å²) in [6.45, 7) is 0. The predicted octanol–water partition coefficient (Wildman–Crippen LogP) is 3.14. The zero-order valence-electron chi connectivity index (χ0n) is 10.0. The molecular weight excluding hydrogens is 243 g/mol. The van der Waals surface area contributed by atoms with Gasteiger partial charge in [0, 0.05) is 11.1 Å². The van der Waals surface area contributed by atoms with Crippen molar-refractivity contribution in [2.75, 3.05) is 0 Å². The molecule has 1 aliphatic carbocycles. The molecule has 2 nitrogen and oxygen atoms in total. The van der Waals surface area contributed by atoms with Gasteiger partial charge in [-0.2, -0.15) is 0 Å². The topological polar surface area (TPSA) is 37.3 Å². The first-order valence-electron chi connectivity index (χ1n) is 5.95. The summed E-state index contributed by atoms with van der Waals surface area (Å²) in [4.78, 5) is 12.2. The van der Waals surface area contributed by atoms with E-state index in [4.69, 9.17) is 0 Å². The van der Waals surface area contributed by atoms with E-state index in [1.54, 1.807) is 6.08 Å². The van der Waals surface area contributed by atoms with Crippen molar-refractivity contribution in [2.24, 2.45) is 0 Å². The molecule has 1 atom stereocenters. The van der Waals surface area contributed by atoms with Gasteiger partial charge in [0.25, 0.3) is 0 Å². The van der Waals surface area contributed by atoms with Crippen LogP contribution in [0.4, 0.5) is 4.39 Å². The van der Waals surface area contributed by atoms with Gasteiger partial charge in [0.2, 0.25) is 0 Å². The normalized spacial score (nSPS) is 19.8. The Morgan fingerprint density at radius 3 is 2.58 bits per heavy atom. The van der Waals surface area contributed by atoms with E-state index in [0.29, 0.717) is 11.1 Å². The lowest BCUT2D eigenvalue weighted by molar-refractivity contribution is 0.102. The van der Waals surface area contributed by atoms with Crippen LogP contribution in [0.2, 0.25) is 0 Å². The van der Waals surface area contributed by atoms with E-state index >= 15 is 0 Å². The fourth-order valence-electron chi connectivity index (χ4n) is 2.29. The molecule has 2 aromatic carbocycles. The van der Waals surface area contributed by atoms with Gasteiger partial charge in [-0.25, -0.2) is 4.39 Å². The Kier molecular flexibility index (Phi) is 2.76. The van der Waals surface area contributed by atoms with Crippen LogP contribution in [0.15, 0.2) is 54.1 Å². The summed E-state index contributed by atoms with van der Waals surface area (Å²) < 4.78 is 13.2. The highest BCUT2D eigenvalue weighted by Crippen LogP contribution is 2.36. The highest BCUT2D eigenvalue weighted by molar-refractivity contribution is 6.16. The van der Waals surface area contributed by atoms with Crippen molar-refractivity contribution in [3.05, 3.63) is 76.6 Å². The third-order valence-electron chi connectivity index (χ3n) is 3.23. The van der Waals surface area contributed by atoms with Crippen LogP contribution in [0, 0.1) is 5.82 Å². The second-order valence-corrected chi connectivity index (χ2v) is 4.47. The first-order chi connectivity index (χ1) is 9.16. The Morgan fingerprint density at radius 1 is 1.11 bits per heavy atom. The predicted molar refractivity (Wildman–Crippen MR) is 70.1 cm³/mol. The molecule has 3 heteroatoms. The van der Waals surface area contributed by atoms with E-state index in [1.165, 1.54) is 18.2 Å². The van der Waals surface area contributed by atoms with Gasteiger partial charge in [-0.3, -0.25) is 4.79 Å². The number of fused-ring (bicyclic) bond motifs is 1. The number of hydrogen-bond acceptors (Lipinski definition) is 2. The van der Waals surface area contributed by atoms with Gasteiger partial charge < -0.3 is 5.11 Å². The second-order valence-electron chi connectivity index (χ2n) is 4.47. The minimum Gasteiger partial charge on any atom is -0.383 e. The molecule has 19 heavy (non-hydrogen) atoms. The summed E-state index contributed by atoms with van der Waals surface area (Å²) in [6.07, 6.45) is 0.587. The van der Waals surface area contributed by atoms with Crippen LogP contribution in [-0.4, -0.2) is 10.9 Å². The molecule has 2 aromatic rings. The summed E-state index contributed by atoms with van der Waals surface area (Å²) in [5.74, 6) is -0.696. The first kappa shape index (κ1) is 11.8. The molecule has 0 radical (unpaired) electrons. The zero-order chi connectivity index (χ0) is 13.4. The number of carbonyl (C=O) groups excluding carboxylic acids is 1. The monoisotopic (exact) mass is 254 g/mol. The number of carbonyl (C=O) groups is 1. The summed E-state index contributed by atoms with van der Waals surface area (Å²) in [5, 5.41) is 10.1.